The van der Waals surface area contributed by atoms with E-state index in [1.165, 1.54) is 12.1 Å². The smallest absolute Gasteiger partial charge is 0.240 e. The van der Waals surface area contributed by atoms with Gasteiger partial charge in [0.15, 0.2) is 0 Å². The SMILES string of the molecule is Cc1cc(C#N)ccc1S(=O)(=O)NCC[C@H]1CCCN1. The summed E-state index contributed by atoms with van der Waals surface area (Å²) in [4.78, 5) is 0.246. The summed E-state index contributed by atoms with van der Waals surface area (Å²) in [5.41, 5.74) is 1.06. The van der Waals surface area contributed by atoms with Crippen molar-refractivity contribution in [3.05, 3.63) is 29.3 Å². The Morgan fingerprint density at radius 2 is 2.30 bits per heavy atom. The minimum Gasteiger partial charge on any atom is -0.314 e. The van der Waals surface area contributed by atoms with Gasteiger partial charge in [-0.3, -0.25) is 0 Å². The van der Waals surface area contributed by atoms with Crippen molar-refractivity contribution in [2.45, 2.75) is 37.1 Å². The fraction of sp³-hybridized carbons (Fsp3) is 0.500. The maximum absolute atomic E-state index is 12.2. The molecule has 0 bridgehead atoms. The number of hydrogen-bond acceptors (Lipinski definition) is 4. The summed E-state index contributed by atoms with van der Waals surface area (Å²) < 4.78 is 27.1. The summed E-state index contributed by atoms with van der Waals surface area (Å²) in [5, 5.41) is 12.1. The van der Waals surface area contributed by atoms with Crippen LogP contribution in [0.2, 0.25) is 0 Å². The molecule has 1 aromatic rings. The fourth-order valence-electron chi connectivity index (χ4n) is 2.47. The molecule has 5 nitrogen and oxygen atoms in total. The van der Waals surface area contributed by atoms with E-state index in [-0.39, 0.29) is 4.90 Å². The molecule has 6 heteroatoms. The molecule has 0 aromatic heterocycles. The van der Waals surface area contributed by atoms with E-state index in [2.05, 4.69) is 10.0 Å². The zero-order valence-corrected chi connectivity index (χ0v) is 12.3. The monoisotopic (exact) mass is 293 g/mol. The molecular formula is C14H19N3O2S. The van der Waals surface area contributed by atoms with Crippen LogP contribution in [-0.2, 0) is 10.0 Å². The van der Waals surface area contributed by atoms with E-state index >= 15 is 0 Å². The Balaban J connectivity index is 2.00. The number of rotatable bonds is 5. The van der Waals surface area contributed by atoms with Gasteiger partial charge in [-0.1, -0.05) is 0 Å². The highest BCUT2D eigenvalue weighted by atomic mass is 32.2. The van der Waals surface area contributed by atoms with Crippen molar-refractivity contribution in [1.82, 2.24) is 10.0 Å². The zero-order valence-electron chi connectivity index (χ0n) is 11.5. The highest BCUT2D eigenvalue weighted by Gasteiger charge is 2.18. The first-order chi connectivity index (χ1) is 9.53. The molecule has 1 fully saturated rings. The molecule has 20 heavy (non-hydrogen) atoms. The predicted octanol–water partition coefficient (Wildman–Crippen LogP) is 1.29. The number of nitrogens with one attached hydrogen (secondary N) is 2. The molecule has 1 aromatic carbocycles. The van der Waals surface area contributed by atoms with Gasteiger partial charge in [-0.25, -0.2) is 13.1 Å². The summed E-state index contributed by atoms with van der Waals surface area (Å²) in [6.07, 6.45) is 3.07. The molecule has 1 aliphatic heterocycles. The molecule has 1 saturated heterocycles. The van der Waals surface area contributed by atoms with Crippen LogP contribution in [0.5, 0.6) is 0 Å². The molecule has 1 heterocycles. The molecule has 1 aliphatic rings. The molecule has 108 valence electrons. The molecule has 1 atom stereocenters. The Morgan fingerprint density at radius 1 is 1.50 bits per heavy atom. The van der Waals surface area contributed by atoms with Gasteiger partial charge in [0.2, 0.25) is 10.0 Å². The topological polar surface area (TPSA) is 82.0 Å². The van der Waals surface area contributed by atoms with E-state index in [1.807, 2.05) is 6.07 Å². The van der Waals surface area contributed by atoms with E-state index in [9.17, 15) is 8.42 Å². The minimum absolute atomic E-state index is 0.246. The lowest BCUT2D eigenvalue weighted by atomic mass is 10.2. The Hall–Kier alpha value is -1.42. The molecule has 0 spiro atoms. The second-order valence-electron chi connectivity index (χ2n) is 5.07. The maximum Gasteiger partial charge on any atom is 0.240 e. The quantitative estimate of drug-likeness (QED) is 0.857. The van der Waals surface area contributed by atoms with Crippen molar-refractivity contribution in [2.75, 3.05) is 13.1 Å². The average Bonchev–Trinajstić information content (AvgIpc) is 2.91. The normalized spacial score (nSPS) is 18.9. The van der Waals surface area contributed by atoms with Crippen LogP contribution in [0.4, 0.5) is 0 Å². The third-order valence-electron chi connectivity index (χ3n) is 3.54. The number of hydrogen-bond donors (Lipinski definition) is 2. The highest BCUT2D eigenvalue weighted by Crippen LogP contribution is 2.16. The van der Waals surface area contributed by atoms with Crippen molar-refractivity contribution in [2.24, 2.45) is 0 Å². The van der Waals surface area contributed by atoms with E-state index in [4.69, 9.17) is 5.26 Å². The van der Waals surface area contributed by atoms with Gasteiger partial charge in [0.05, 0.1) is 16.5 Å². The van der Waals surface area contributed by atoms with E-state index < -0.39 is 10.0 Å². The van der Waals surface area contributed by atoms with Gasteiger partial charge in [-0.2, -0.15) is 5.26 Å². The van der Waals surface area contributed by atoms with Crippen LogP contribution < -0.4 is 10.0 Å². The van der Waals surface area contributed by atoms with E-state index in [1.54, 1.807) is 13.0 Å². The second kappa shape index (κ2) is 6.35. The van der Waals surface area contributed by atoms with Crippen LogP contribution in [0, 0.1) is 18.3 Å². The summed E-state index contributed by atoms with van der Waals surface area (Å²) in [6, 6.07) is 7.03. The first kappa shape index (κ1) is 15.0. The second-order valence-corrected chi connectivity index (χ2v) is 6.81. The molecule has 0 amide bonds. The number of sulfonamides is 1. The van der Waals surface area contributed by atoms with Crippen LogP contribution >= 0.6 is 0 Å². The maximum atomic E-state index is 12.2. The lowest BCUT2D eigenvalue weighted by Crippen LogP contribution is -2.31. The van der Waals surface area contributed by atoms with Gasteiger partial charge in [0.25, 0.3) is 0 Å². The number of benzene rings is 1. The molecule has 2 N–H and O–H groups in total. The molecular weight excluding hydrogens is 274 g/mol. The standard InChI is InChI=1S/C14H19N3O2S/c1-11-9-12(10-15)4-5-14(11)20(18,19)17-8-6-13-3-2-7-16-13/h4-5,9,13,16-17H,2-3,6-8H2,1H3/t13-/m1/s1. The van der Waals surface area contributed by atoms with Crippen LogP contribution in [0.3, 0.4) is 0 Å². The van der Waals surface area contributed by atoms with Crippen molar-refractivity contribution in [3.8, 4) is 6.07 Å². The lowest BCUT2D eigenvalue weighted by Gasteiger charge is -2.12. The highest BCUT2D eigenvalue weighted by molar-refractivity contribution is 7.89. The largest absolute Gasteiger partial charge is 0.314 e. The van der Waals surface area contributed by atoms with Crippen LogP contribution in [-0.4, -0.2) is 27.5 Å². The van der Waals surface area contributed by atoms with Crippen molar-refractivity contribution >= 4 is 10.0 Å². The number of nitriles is 1. The zero-order chi connectivity index (χ0) is 14.6. The molecule has 0 radical (unpaired) electrons. The van der Waals surface area contributed by atoms with Gasteiger partial charge in [0, 0.05) is 12.6 Å². The molecule has 0 unspecified atom stereocenters. The Morgan fingerprint density at radius 3 is 2.90 bits per heavy atom. The molecule has 2 rings (SSSR count). The third-order valence-corrected chi connectivity index (χ3v) is 5.16. The Labute approximate surface area is 120 Å². The summed E-state index contributed by atoms with van der Waals surface area (Å²) in [6.45, 7) is 3.15. The minimum atomic E-state index is -3.49. The predicted molar refractivity (Wildman–Crippen MR) is 76.7 cm³/mol. The first-order valence-corrected chi connectivity index (χ1v) is 8.25. The van der Waals surface area contributed by atoms with E-state index in [0.29, 0.717) is 23.7 Å². The van der Waals surface area contributed by atoms with Gasteiger partial charge < -0.3 is 5.32 Å². The van der Waals surface area contributed by atoms with Crippen LogP contribution in [0.1, 0.15) is 30.4 Å². The van der Waals surface area contributed by atoms with E-state index in [0.717, 1.165) is 25.8 Å². The lowest BCUT2D eigenvalue weighted by molar-refractivity contribution is 0.539. The van der Waals surface area contributed by atoms with Gasteiger partial charge >= 0.3 is 0 Å². The van der Waals surface area contributed by atoms with Gasteiger partial charge in [0.1, 0.15) is 0 Å². The first-order valence-electron chi connectivity index (χ1n) is 6.77. The van der Waals surface area contributed by atoms with Gasteiger partial charge in [-0.15, -0.1) is 0 Å². The Kier molecular flexibility index (Phi) is 4.76. The number of aryl methyl sites for hydroxylation is 1. The molecule has 0 saturated carbocycles. The van der Waals surface area contributed by atoms with Crippen LogP contribution in [0.25, 0.3) is 0 Å². The number of nitrogens with zero attached hydrogens (tertiary/aromatic N) is 1. The van der Waals surface area contributed by atoms with Crippen molar-refractivity contribution < 1.29 is 8.42 Å². The van der Waals surface area contributed by atoms with Crippen LogP contribution in [0.15, 0.2) is 23.1 Å². The van der Waals surface area contributed by atoms with Crippen molar-refractivity contribution in [3.63, 3.8) is 0 Å². The van der Waals surface area contributed by atoms with Gasteiger partial charge in [-0.05, 0) is 56.5 Å². The summed E-state index contributed by atoms with van der Waals surface area (Å²) >= 11 is 0. The average molecular weight is 293 g/mol. The third kappa shape index (κ3) is 3.57. The van der Waals surface area contributed by atoms with Crippen molar-refractivity contribution in [1.29, 1.82) is 5.26 Å². The Bertz CT molecular complexity index is 614. The fourth-order valence-corrected chi connectivity index (χ4v) is 3.74. The summed E-state index contributed by atoms with van der Waals surface area (Å²) in [5.74, 6) is 0. The molecule has 0 aliphatic carbocycles. The summed E-state index contributed by atoms with van der Waals surface area (Å²) in [7, 11) is -3.49.